The second-order valence-corrected chi connectivity index (χ2v) is 5.94. The van der Waals surface area contributed by atoms with E-state index in [9.17, 15) is 9.59 Å². The van der Waals surface area contributed by atoms with Crippen molar-refractivity contribution >= 4 is 5.91 Å². The number of nitrogens with zero attached hydrogens (tertiary/aromatic N) is 2. The number of amides is 1. The van der Waals surface area contributed by atoms with E-state index in [2.05, 4.69) is 25.4 Å². The molecule has 0 unspecified atom stereocenters. The Bertz CT molecular complexity index is 727. The topological polar surface area (TPSA) is 103 Å². The van der Waals surface area contributed by atoms with Crippen molar-refractivity contribution in [1.82, 2.24) is 25.4 Å². The molecule has 1 aliphatic heterocycles. The number of rotatable bonds is 5. The highest BCUT2D eigenvalue weighted by atomic mass is 16.5. The molecule has 0 bridgehead atoms. The van der Waals surface area contributed by atoms with Crippen LogP contribution in [0.2, 0.25) is 0 Å². The van der Waals surface area contributed by atoms with Crippen LogP contribution in [0, 0.1) is 0 Å². The molecule has 0 saturated carbocycles. The predicted molar refractivity (Wildman–Crippen MR) is 87.5 cm³/mol. The molecule has 1 aromatic heterocycles. The second kappa shape index (κ2) is 7.41. The van der Waals surface area contributed by atoms with Crippen molar-refractivity contribution in [3.05, 3.63) is 52.2 Å². The Morgan fingerprint density at radius 1 is 1.46 bits per heavy atom. The van der Waals surface area contributed by atoms with Gasteiger partial charge in [-0.1, -0.05) is 30.3 Å². The third-order valence-electron chi connectivity index (χ3n) is 4.01. The number of morpholine rings is 1. The summed E-state index contributed by atoms with van der Waals surface area (Å²) >= 11 is 0. The monoisotopic (exact) mass is 331 g/mol. The number of hydrogen-bond donors (Lipinski definition) is 3. The molecule has 3 rings (SSSR count). The smallest absolute Gasteiger partial charge is 0.340 e. The summed E-state index contributed by atoms with van der Waals surface area (Å²) in [6, 6.07) is 9.29. The van der Waals surface area contributed by atoms with Crippen LogP contribution in [-0.2, 0) is 16.0 Å². The lowest BCUT2D eigenvalue weighted by Gasteiger charge is -2.30. The van der Waals surface area contributed by atoms with Gasteiger partial charge in [-0.05, 0) is 19.0 Å². The van der Waals surface area contributed by atoms with Crippen molar-refractivity contribution in [2.45, 2.75) is 18.6 Å². The second-order valence-electron chi connectivity index (χ2n) is 5.94. The van der Waals surface area contributed by atoms with Gasteiger partial charge in [0.15, 0.2) is 5.82 Å². The van der Waals surface area contributed by atoms with E-state index >= 15 is 0 Å². The normalized spacial score (nSPS) is 19.8. The first-order valence-corrected chi connectivity index (χ1v) is 7.91. The van der Waals surface area contributed by atoms with Gasteiger partial charge in [-0.3, -0.25) is 9.78 Å². The van der Waals surface area contributed by atoms with Crippen molar-refractivity contribution in [2.24, 2.45) is 0 Å². The summed E-state index contributed by atoms with van der Waals surface area (Å²) in [5.41, 5.74) is 0.638. The molecule has 2 aromatic rings. The number of benzene rings is 1. The summed E-state index contributed by atoms with van der Waals surface area (Å²) in [5, 5.41) is 9.25. The van der Waals surface area contributed by atoms with Gasteiger partial charge in [0.05, 0.1) is 12.6 Å². The van der Waals surface area contributed by atoms with Gasteiger partial charge >= 0.3 is 5.69 Å². The first kappa shape index (κ1) is 16.4. The van der Waals surface area contributed by atoms with E-state index in [1.165, 1.54) is 0 Å². The number of likely N-dealkylation sites (N-methyl/N-ethyl adjacent to an activating group) is 1. The van der Waals surface area contributed by atoms with E-state index in [1.54, 1.807) is 0 Å². The standard InChI is InChI=1S/C16H21N5O3/c1-21-7-8-24-13(10-21)15(22)17-12(14-18-16(23)20-19-14)9-11-5-3-2-4-6-11/h2-6,12-13H,7-10H2,1H3,(H,17,22)(H2,18,19,20,23)/t12-,13+/m1/s1. The number of carbonyl (C=O) groups excluding carboxylic acids is 1. The fourth-order valence-corrected chi connectivity index (χ4v) is 2.72. The molecular formula is C16H21N5O3. The quantitative estimate of drug-likeness (QED) is 0.706. The van der Waals surface area contributed by atoms with Crippen LogP contribution in [0.25, 0.3) is 0 Å². The number of aromatic amines is 2. The first-order chi connectivity index (χ1) is 11.6. The van der Waals surface area contributed by atoms with Crippen molar-refractivity contribution in [1.29, 1.82) is 0 Å². The maximum Gasteiger partial charge on any atom is 0.340 e. The van der Waals surface area contributed by atoms with Gasteiger partial charge in [0.1, 0.15) is 6.10 Å². The molecule has 3 N–H and O–H groups in total. The summed E-state index contributed by atoms with van der Waals surface area (Å²) in [6.45, 7) is 1.88. The Balaban J connectivity index is 1.74. The summed E-state index contributed by atoms with van der Waals surface area (Å²) in [5.74, 6) is 0.202. The van der Waals surface area contributed by atoms with Crippen LogP contribution < -0.4 is 11.0 Å². The molecule has 2 atom stereocenters. The molecule has 1 aromatic carbocycles. The fraction of sp³-hybridized carbons (Fsp3) is 0.438. The molecule has 8 nitrogen and oxygen atoms in total. The lowest BCUT2D eigenvalue weighted by atomic mass is 10.0. The van der Waals surface area contributed by atoms with E-state index in [1.807, 2.05) is 37.4 Å². The third-order valence-corrected chi connectivity index (χ3v) is 4.01. The van der Waals surface area contributed by atoms with Gasteiger partial charge in [0.25, 0.3) is 5.91 Å². The van der Waals surface area contributed by atoms with Crippen molar-refractivity contribution in [3.8, 4) is 0 Å². The summed E-state index contributed by atoms with van der Waals surface area (Å²) < 4.78 is 5.55. The highest BCUT2D eigenvalue weighted by Gasteiger charge is 2.28. The van der Waals surface area contributed by atoms with Crippen LogP contribution in [0.4, 0.5) is 0 Å². The van der Waals surface area contributed by atoms with E-state index in [-0.39, 0.29) is 5.91 Å². The first-order valence-electron chi connectivity index (χ1n) is 7.91. The minimum atomic E-state index is -0.521. The number of ether oxygens (including phenoxy) is 1. The van der Waals surface area contributed by atoms with E-state index in [0.717, 1.165) is 12.1 Å². The zero-order valence-corrected chi connectivity index (χ0v) is 13.5. The van der Waals surface area contributed by atoms with Gasteiger partial charge in [-0.15, -0.1) is 0 Å². The molecule has 1 amide bonds. The number of H-pyrrole nitrogens is 2. The Kier molecular flexibility index (Phi) is 5.07. The maximum absolute atomic E-state index is 12.5. The molecule has 8 heteroatoms. The number of nitrogens with one attached hydrogen (secondary N) is 3. The molecule has 1 fully saturated rings. The molecule has 0 radical (unpaired) electrons. The van der Waals surface area contributed by atoms with Gasteiger partial charge < -0.3 is 15.0 Å². The summed E-state index contributed by atoms with van der Waals surface area (Å²) in [6.07, 6.45) is 0.00308. The van der Waals surface area contributed by atoms with Gasteiger partial charge in [-0.2, -0.15) is 5.10 Å². The molecular weight excluding hydrogens is 310 g/mol. The fourth-order valence-electron chi connectivity index (χ4n) is 2.72. The summed E-state index contributed by atoms with van der Waals surface area (Å²) in [4.78, 5) is 28.6. The van der Waals surface area contributed by atoms with Gasteiger partial charge in [-0.25, -0.2) is 9.89 Å². The van der Waals surface area contributed by atoms with Crippen molar-refractivity contribution < 1.29 is 9.53 Å². The zero-order valence-electron chi connectivity index (χ0n) is 13.5. The molecule has 0 spiro atoms. The zero-order chi connectivity index (χ0) is 16.9. The van der Waals surface area contributed by atoms with Crippen LogP contribution in [0.1, 0.15) is 17.4 Å². The predicted octanol–water partition coefficient (Wildman–Crippen LogP) is -0.171. The van der Waals surface area contributed by atoms with Crippen LogP contribution in [0.3, 0.4) is 0 Å². The van der Waals surface area contributed by atoms with Gasteiger partial charge in [0.2, 0.25) is 0 Å². The minimum absolute atomic E-state index is 0.202. The van der Waals surface area contributed by atoms with Gasteiger partial charge in [0, 0.05) is 13.1 Å². The van der Waals surface area contributed by atoms with Crippen LogP contribution in [-0.4, -0.2) is 58.8 Å². The van der Waals surface area contributed by atoms with E-state index in [4.69, 9.17) is 4.74 Å². The van der Waals surface area contributed by atoms with Crippen molar-refractivity contribution in [2.75, 3.05) is 26.7 Å². The largest absolute Gasteiger partial charge is 0.366 e. The molecule has 128 valence electrons. The van der Waals surface area contributed by atoms with E-state index in [0.29, 0.717) is 25.4 Å². The Morgan fingerprint density at radius 2 is 2.25 bits per heavy atom. The molecule has 0 aliphatic carbocycles. The third kappa shape index (κ3) is 4.09. The van der Waals surface area contributed by atoms with E-state index < -0.39 is 17.8 Å². The number of carbonyl (C=O) groups is 1. The molecule has 2 heterocycles. The Labute approximate surface area is 139 Å². The molecule has 1 aliphatic rings. The maximum atomic E-state index is 12.5. The van der Waals surface area contributed by atoms with Crippen LogP contribution in [0.15, 0.2) is 35.1 Å². The lowest BCUT2D eigenvalue weighted by molar-refractivity contribution is -0.138. The molecule has 24 heavy (non-hydrogen) atoms. The van der Waals surface area contributed by atoms with Crippen molar-refractivity contribution in [3.63, 3.8) is 0 Å². The Morgan fingerprint density at radius 3 is 2.92 bits per heavy atom. The minimum Gasteiger partial charge on any atom is -0.366 e. The highest BCUT2D eigenvalue weighted by molar-refractivity contribution is 5.81. The SMILES string of the molecule is CN1CCO[C@H](C(=O)N[C@H](Cc2ccccc2)c2n[nH]c(=O)[nH]2)C1. The van der Waals surface area contributed by atoms with Crippen LogP contribution in [0.5, 0.6) is 0 Å². The van der Waals surface area contributed by atoms with Crippen LogP contribution >= 0.6 is 0 Å². The number of aromatic nitrogens is 3. The summed E-state index contributed by atoms with van der Waals surface area (Å²) in [7, 11) is 1.95. The molecule has 1 saturated heterocycles. The average Bonchev–Trinajstić information content (AvgIpc) is 3.01. The highest BCUT2D eigenvalue weighted by Crippen LogP contribution is 2.15. The average molecular weight is 331 g/mol. The Hall–Kier alpha value is -2.45. The number of hydrogen-bond acceptors (Lipinski definition) is 5. The lowest BCUT2D eigenvalue weighted by Crippen LogP contribution is -2.49.